The third-order valence-electron chi connectivity index (χ3n) is 5.12. The van der Waals surface area contributed by atoms with E-state index in [9.17, 15) is 28.8 Å². The van der Waals surface area contributed by atoms with E-state index in [-0.39, 0.29) is 18.8 Å². The highest BCUT2D eigenvalue weighted by molar-refractivity contribution is 5.95. The number of nitrogens with one attached hydrogen (secondary N) is 3. The van der Waals surface area contributed by atoms with E-state index in [1.165, 1.54) is 0 Å². The molecular formula is C20H35N5O8. The van der Waals surface area contributed by atoms with Crippen LogP contribution in [0.5, 0.6) is 0 Å². The summed E-state index contributed by atoms with van der Waals surface area (Å²) in [5.41, 5.74) is 10.9. The fourth-order valence-corrected chi connectivity index (χ4v) is 2.72. The molecular weight excluding hydrogens is 438 g/mol. The molecule has 13 heteroatoms. The van der Waals surface area contributed by atoms with Gasteiger partial charge in [-0.2, -0.15) is 0 Å². The van der Waals surface area contributed by atoms with Crippen molar-refractivity contribution in [3.8, 4) is 0 Å². The number of nitrogens with two attached hydrogens (primary N) is 2. The van der Waals surface area contributed by atoms with Gasteiger partial charge in [0, 0.05) is 6.42 Å². The Morgan fingerprint density at radius 3 is 1.82 bits per heavy atom. The number of aliphatic carboxylic acids is 2. The van der Waals surface area contributed by atoms with Crippen molar-refractivity contribution in [2.75, 3.05) is 0 Å². The number of carboxylic acids is 2. The summed E-state index contributed by atoms with van der Waals surface area (Å²) in [4.78, 5) is 71.3. The Morgan fingerprint density at radius 2 is 1.39 bits per heavy atom. The van der Waals surface area contributed by atoms with Gasteiger partial charge in [0.1, 0.15) is 18.1 Å². The number of carbonyl (C=O) groups is 6. The first-order valence-corrected chi connectivity index (χ1v) is 10.6. The van der Waals surface area contributed by atoms with Gasteiger partial charge in [0.2, 0.25) is 23.6 Å². The normalized spacial score (nSPS) is 15.5. The van der Waals surface area contributed by atoms with Crippen molar-refractivity contribution >= 4 is 35.6 Å². The van der Waals surface area contributed by atoms with Crippen molar-refractivity contribution in [1.29, 1.82) is 0 Å². The Labute approximate surface area is 192 Å². The quantitative estimate of drug-likeness (QED) is 0.143. The van der Waals surface area contributed by atoms with Crippen LogP contribution in [0, 0.1) is 11.8 Å². The molecule has 0 aromatic heterocycles. The van der Waals surface area contributed by atoms with Crippen LogP contribution in [-0.4, -0.2) is 69.9 Å². The molecule has 0 bridgehead atoms. The van der Waals surface area contributed by atoms with Crippen molar-refractivity contribution in [2.45, 2.75) is 77.5 Å². The molecule has 0 saturated carbocycles. The van der Waals surface area contributed by atoms with Crippen molar-refractivity contribution in [2.24, 2.45) is 23.3 Å². The minimum absolute atomic E-state index is 0.149. The van der Waals surface area contributed by atoms with E-state index >= 15 is 0 Å². The van der Waals surface area contributed by atoms with E-state index in [2.05, 4.69) is 16.0 Å². The van der Waals surface area contributed by atoms with Crippen LogP contribution in [0.2, 0.25) is 0 Å². The van der Waals surface area contributed by atoms with Gasteiger partial charge in [-0.05, 0) is 18.3 Å². The first kappa shape index (κ1) is 29.8. The molecule has 0 aliphatic heterocycles. The standard InChI is InChI=1S/C20H35N5O8/c1-5-10(4)16(19(31)24-12(20(32)33)8-14(27)28)25-17(29)11(6-7-13(21)26)23-18(30)15(22)9(2)3/h9-12,15-16H,5-8,22H2,1-4H3,(H2,21,26)(H,23,30)(H,24,31)(H,25,29)(H,27,28)(H,32,33)/t10-,11-,12-,15-,16-/m0/s1. The molecule has 0 aliphatic carbocycles. The number of primary amides is 1. The zero-order valence-corrected chi connectivity index (χ0v) is 19.3. The second-order valence-corrected chi connectivity index (χ2v) is 8.21. The van der Waals surface area contributed by atoms with E-state index in [1.54, 1.807) is 27.7 Å². The van der Waals surface area contributed by atoms with Crippen LogP contribution in [0.15, 0.2) is 0 Å². The second-order valence-electron chi connectivity index (χ2n) is 8.21. The highest BCUT2D eigenvalue weighted by Gasteiger charge is 2.33. The molecule has 0 aromatic carbocycles. The SMILES string of the molecule is CC[C@H](C)[C@H](NC(=O)[C@H](CCC(N)=O)NC(=O)[C@@H](N)C(C)C)C(=O)N[C@@H](CC(=O)O)C(=O)O. The van der Waals surface area contributed by atoms with Crippen LogP contribution in [0.4, 0.5) is 0 Å². The van der Waals surface area contributed by atoms with E-state index in [4.69, 9.17) is 21.7 Å². The predicted octanol–water partition coefficient (Wildman–Crippen LogP) is -1.70. The molecule has 0 saturated heterocycles. The molecule has 0 heterocycles. The molecule has 0 aliphatic rings. The predicted molar refractivity (Wildman–Crippen MR) is 116 cm³/mol. The van der Waals surface area contributed by atoms with Crippen LogP contribution in [0.25, 0.3) is 0 Å². The van der Waals surface area contributed by atoms with Crippen molar-refractivity contribution < 1.29 is 39.0 Å². The maximum absolute atomic E-state index is 12.9. The maximum atomic E-state index is 12.9. The lowest BCUT2D eigenvalue weighted by atomic mass is 9.96. The third kappa shape index (κ3) is 10.8. The molecule has 13 nitrogen and oxygen atoms in total. The number of hydrogen-bond donors (Lipinski definition) is 7. The average molecular weight is 474 g/mol. The lowest BCUT2D eigenvalue weighted by Gasteiger charge is -2.28. The molecule has 33 heavy (non-hydrogen) atoms. The van der Waals surface area contributed by atoms with E-state index < -0.39 is 72.1 Å². The molecule has 0 rings (SSSR count). The largest absolute Gasteiger partial charge is 0.481 e. The fraction of sp³-hybridized carbons (Fsp3) is 0.700. The zero-order chi connectivity index (χ0) is 25.9. The summed E-state index contributed by atoms with van der Waals surface area (Å²) in [5.74, 6) is -6.71. The van der Waals surface area contributed by atoms with Gasteiger partial charge in [-0.3, -0.25) is 24.0 Å². The third-order valence-corrected chi connectivity index (χ3v) is 5.12. The van der Waals surface area contributed by atoms with Gasteiger partial charge in [-0.1, -0.05) is 34.1 Å². The van der Waals surface area contributed by atoms with Crippen molar-refractivity contribution in [1.82, 2.24) is 16.0 Å². The van der Waals surface area contributed by atoms with Gasteiger partial charge in [-0.15, -0.1) is 0 Å². The summed E-state index contributed by atoms with van der Waals surface area (Å²) in [6.45, 7) is 6.78. The zero-order valence-electron chi connectivity index (χ0n) is 19.3. The smallest absolute Gasteiger partial charge is 0.326 e. The molecule has 9 N–H and O–H groups in total. The fourth-order valence-electron chi connectivity index (χ4n) is 2.72. The molecule has 0 radical (unpaired) electrons. The molecule has 4 amide bonds. The van der Waals surface area contributed by atoms with E-state index in [0.717, 1.165) is 0 Å². The summed E-state index contributed by atoms with van der Waals surface area (Å²) < 4.78 is 0. The second kappa shape index (κ2) is 14.0. The monoisotopic (exact) mass is 473 g/mol. The molecule has 188 valence electrons. The van der Waals surface area contributed by atoms with Gasteiger partial charge >= 0.3 is 11.9 Å². The number of carboxylic acid groups (broad SMARTS) is 2. The van der Waals surface area contributed by atoms with Crippen molar-refractivity contribution in [3.05, 3.63) is 0 Å². The van der Waals surface area contributed by atoms with Crippen LogP contribution < -0.4 is 27.4 Å². The number of carbonyl (C=O) groups excluding carboxylic acids is 4. The number of rotatable bonds is 15. The first-order chi connectivity index (χ1) is 15.2. The highest BCUT2D eigenvalue weighted by Crippen LogP contribution is 2.11. The Bertz CT molecular complexity index is 742. The van der Waals surface area contributed by atoms with E-state index in [1.807, 2.05) is 0 Å². The minimum Gasteiger partial charge on any atom is -0.481 e. The molecule has 0 fully saturated rings. The molecule has 0 unspecified atom stereocenters. The lowest BCUT2D eigenvalue weighted by molar-refractivity contribution is -0.147. The van der Waals surface area contributed by atoms with Gasteiger partial charge in [0.25, 0.3) is 0 Å². The van der Waals surface area contributed by atoms with Crippen LogP contribution >= 0.6 is 0 Å². The summed E-state index contributed by atoms with van der Waals surface area (Å²) in [6.07, 6.45) is -0.823. The van der Waals surface area contributed by atoms with Crippen LogP contribution in [0.1, 0.15) is 53.4 Å². The van der Waals surface area contributed by atoms with Gasteiger partial charge in [0.05, 0.1) is 12.5 Å². The highest BCUT2D eigenvalue weighted by atomic mass is 16.4. The summed E-state index contributed by atoms with van der Waals surface area (Å²) in [6, 6.07) is -5.09. The topological polar surface area (TPSA) is 231 Å². The van der Waals surface area contributed by atoms with Gasteiger partial charge in [0.15, 0.2) is 0 Å². The maximum Gasteiger partial charge on any atom is 0.326 e. The first-order valence-electron chi connectivity index (χ1n) is 10.6. The van der Waals surface area contributed by atoms with Crippen LogP contribution in [0.3, 0.4) is 0 Å². The van der Waals surface area contributed by atoms with Crippen LogP contribution in [-0.2, 0) is 28.8 Å². The number of amides is 4. The van der Waals surface area contributed by atoms with E-state index in [0.29, 0.717) is 6.42 Å². The molecule has 0 aromatic rings. The summed E-state index contributed by atoms with van der Waals surface area (Å²) >= 11 is 0. The average Bonchev–Trinajstić information content (AvgIpc) is 2.71. The Kier molecular flexibility index (Phi) is 12.7. The number of hydrogen-bond acceptors (Lipinski definition) is 7. The summed E-state index contributed by atoms with van der Waals surface area (Å²) in [7, 11) is 0. The summed E-state index contributed by atoms with van der Waals surface area (Å²) in [5, 5.41) is 25.1. The molecule has 0 spiro atoms. The lowest BCUT2D eigenvalue weighted by Crippen LogP contribution is -2.59. The minimum atomic E-state index is -1.70. The Balaban J connectivity index is 5.65. The van der Waals surface area contributed by atoms with Gasteiger partial charge < -0.3 is 37.6 Å². The molecule has 5 atom stereocenters. The van der Waals surface area contributed by atoms with Gasteiger partial charge in [-0.25, -0.2) is 4.79 Å². The van der Waals surface area contributed by atoms with Crippen molar-refractivity contribution in [3.63, 3.8) is 0 Å². The Morgan fingerprint density at radius 1 is 0.848 bits per heavy atom. The Hall–Kier alpha value is -3.22.